The first kappa shape index (κ1) is 22.0. The Kier molecular flexibility index (Phi) is 7.34. The van der Waals surface area contributed by atoms with E-state index in [1.54, 1.807) is 35.9 Å². The number of para-hydroxylation sites is 1. The molecule has 0 saturated carbocycles. The second-order valence-corrected chi connectivity index (χ2v) is 7.76. The minimum absolute atomic E-state index is 0.118. The van der Waals surface area contributed by atoms with Gasteiger partial charge in [-0.05, 0) is 43.5 Å². The predicted molar refractivity (Wildman–Crippen MR) is 119 cm³/mol. The Morgan fingerprint density at radius 1 is 1.16 bits per heavy atom. The van der Waals surface area contributed by atoms with E-state index >= 15 is 0 Å². The molecule has 8 nitrogen and oxygen atoms in total. The SMILES string of the molecule is CC(C)NC(=O)NC(=O)COC(=O)C=Cc1cn(-c2ccccc2)nc1-c1cccs1. The summed E-state index contributed by atoms with van der Waals surface area (Å²) in [7, 11) is 0. The maximum absolute atomic E-state index is 12.0. The second-order valence-electron chi connectivity index (χ2n) is 6.81. The van der Waals surface area contributed by atoms with Crippen LogP contribution in [0.2, 0.25) is 0 Å². The minimum Gasteiger partial charge on any atom is -0.452 e. The van der Waals surface area contributed by atoms with E-state index in [1.165, 1.54) is 6.08 Å². The number of amides is 3. The van der Waals surface area contributed by atoms with E-state index in [9.17, 15) is 14.4 Å². The molecule has 0 atom stereocenters. The number of benzene rings is 1. The second kappa shape index (κ2) is 10.4. The number of aromatic nitrogens is 2. The lowest BCUT2D eigenvalue weighted by molar-refractivity contribution is -0.143. The number of carbonyl (C=O) groups is 3. The van der Waals surface area contributed by atoms with Crippen LogP contribution in [0, 0.1) is 0 Å². The summed E-state index contributed by atoms with van der Waals surface area (Å²) in [6.07, 6.45) is 4.63. The number of nitrogens with one attached hydrogen (secondary N) is 2. The fraction of sp³-hybridized carbons (Fsp3) is 0.182. The van der Waals surface area contributed by atoms with Crippen molar-refractivity contribution >= 4 is 35.3 Å². The van der Waals surface area contributed by atoms with Crippen molar-refractivity contribution in [3.8, 4) is 16.3 Å². The van der Waals surface area contributed by atoms with Crippen molar-refractivity contribution in [3.63, 3.8) is 0 Å². The van der Waals surface area contributed by atoms with Gasteiger partial charge in [-0.2, -0.15) is 5.10 Å². The Balaban J connectivity index is 1.67. The summed E-state index contributed by atoms with van der Waals surface area (Å²) in [5.41, 5.74) is 2.34. The first-order valence-corrected chi connectivity index (χ1v) is 10.4. The number of hydrogen-bond acceptors (Lipinski definition) is 6. The predicted octanol–water partition coefficient (Wildman–Crippen LogP) is 3.39. The van der Waals surface area contributed by atoms with Gasteiger partial charge in [-0.25, -0.2) is 14.3 Å². The number of rotatable bonds is 7. The Morgan fingerprint density at radius 2 is 1.94 bits per heavy atom. The highest BCUT2D eigenvalue weighted by molar-refractivity contribution is 7.13. The highest BCUT2D eigenvalue weighted by atomic mass is 32.1. The van der Waals surface area contributed by atoms with E-state index in [2.05, 4.69) is 15.7 Å². The molecule has 1 aromatic carbocycles. The van der Waals surface area contributed by atoms with Crippen molar-refractivity contribution in [3.05, 3.63) is 65.7 Å². The fourth-order valence-corrected chi connectivity index (χ4v) is 3.36. The van der Waals surface area contributed by atoms with E-state index in [-0.39, 0.29) is 6.04 Å². The van der Waals surface area contributed by atoms with E-state index in [0.29, 0.717) is 0 Å². The minimum atomic E-state index is -0.712. The molecular formula is C22H22N4O4S. The lowest BCUT2D eigenvalue weighted by atomic mass is 10.2. The Hall–Kier alpha value is -3.72. The summed E-state index contributed by atoms with van der Waals surface area (Å²) < 4.78 is 6.65. The normalized spacial score (nSPS) is 10.9. The zero-order valence-electron chi connectivity index (χ0n) is 17.1. The average molecular weight is 439 g/mol. The summed E-state index contributed by atoms with van der Waals surface area (Å²) in [5.74, 6) is -1.42. The molecule has 0 spiro atoms. The third kappa shape index (κ3) is 6.38. The highest BCUT2D eigenvalue weighted by Gasteiger charge is 2.13. The molecule has 31 heavy (non-hydrogen) atoms. The molecule has 0 aliphatic rings. The van der Waals surface area contributed by atoms with Crippen LogP contribution >= 0.6 is 11.3 Å². The summed E-state index contributed by atoms with van der Waals surface area (Å²) in [5, 5.41) is 11.2. The third-order valence-corrected chi connectivity index (χ3v) is 4.81. The number of urea groups is 1. The molecule has 0 aliphatic carbocycles. The molecule has 2 aromatic heterocycles. The van der Waals surface area contributed by atoms with Crippen molar-refractivity contribution in [2.45, 2.75) is 19.9 Å². The molecule has 0 unspecified atom stereocenters. The zero-order chi connectivity index (χ0) is 22.2. The Morgan fingerprint density at radius 3 is 2.61 bits per heavy atom. The van der Waals surface area contributed by atoms with Gasteiger partial charge in [0.15, 0.2) is 6.61 Å². The maximum Gasteiger partial charge on any atom is 0.331 e. The van der Waals surface area contributed by atoms with Gasteiger partial charge in [-0.3, -0.25) is 10.1 Å². The van der Waals surface area contributed by atoms with Gasteiger partial charge >= 0.3 is 12.0 Å². The topological polar surface area (TPSA) is 102 Å². The monoisotopic (exact) mass is 438 g/mol. The van der Waals surface area contributed by atoms with Crippen LogP contribution in [0.5, 0.6) is 0 Å². The number of hydrogen-bond donors (Lipinski definition) is 2. The lowest BCUT2D eigenvalue weighted by Gasteiger charge is -2.08. The van der Waals surface area contributed by atoms with Crippen LogP contribution in [0.4, 0.5) is 4.79 Å². The number of nitrogens with zero attached hydrogens (tertiary/aromatic N) is 2. The fourth-order valence-electron chi connectivity index (χ4n) is 2.63. The standard InChI is InChI=1S/C22H22N4O4S/c1-15(2)23-22(29)24-19(27)14-30-20(28)11-10-16-13-26(17-7-4-3-5-8-17)25-21(16)18-9-6-12-31-18/h3-13,15H,14H2,1-2H3,(H2,23,24,27,29). The molecule has 2 heterocycles. The molecule has 0 bridgehead atoms. The van der Waals surface area contributed by atoms with Crippen LogP contribution in [0.25, 0.3) is 22.3 Å². The van der Waals surface area contributed by atoms with Gasteiger partial charge in [0.05, 0.1) is 10.6 Å². The van der Waals surface area contributed by atoms with E-state index < -0.39 is 24.5 Å². The van der Waals surface area contributed by atoms with Crippen molar-refractivity contribution in [1.29, 1.82) is 0 Å². The van der Waals surface area contributed by atoms with Gasteiger partial charge in [-0.1, -0.05) is 24.3 Å². The molecule has 0 saturated heterocycles. The maximum atomic E-state index is 12.0. The smallest absolute Gasteiger partial charge is 0.331 e. The highest BCUT2D eigenvalue weighted by Crippen LogP contribution is 2.28. The van der Waals surface area contributed by atoms with Crippen LogP contribution in [0.3, 0.4) is 0 Å². The summed E-state index contributed by atoms with van der Waals surface area (Å²) in [6.45, 7) is 2.97. The quantitative estimate of drug-likeness (QED) is 0.435. The molecule has 3 amide bonds. The van der Waals surface area contributed by atoms with Gasteiger partial charge in [0.2, 0.25) is 0 Å². The van der Waals surface area contributed by atoms with E-state index in [0.717, 1.165) is 21.8 Å². The Bertz CT molecular complexity index is 1070. The van der Waals surface area contributed by atoms with Crippen molar-refractivity contribution in [2.75, 3.05) is 6.61 Å². The first-order valence-electron chi connectivity index (χ1n) is 9.56. The average Bonchev–Trinajstić information content (AvgIpc) is 3.40. The largest absolute Gasteiger partial charge is 0.452 e. The molecule has 0 radical (unpaired) electrons. The molecule has 9 heteroatoms. The van der Waals surface area contributed by atoms with Crippen LogP contribution in [0.1, 0.15) is 19.4 Å². The molecule has 0 fully saturated rings. The number of imide groups is 1. The van der Waals surface area contributed by atoms with Gasteiger partial charge in [0.1, 0.15) is 5.69 Å². The van der Waals surface area contributed by atoms with Gasteiger partial charge in [0, 0.05) is 23.9 Å². The molecule has 160 valence electrons. The molecule has 3 aromatic rings. The van der Waals surface area contributed by atoms with Crippen LogP contribution in [-0.4, -0.2) is 40.3 Å². The van der Waals surface area contributed by atoms with Gasteiger partial charge < -0.3 is 10.1 Å². The molecule has 3 rings (SSSR count). The number of ether oxygens (including phenoxy) is 1. The zero-order valence-corrected chi connectivity index (χ0v) is 17.9. The van der Waals surface area contributed by atoms with Crippen LogP contribution < -0.4 is 10.6 Å². The molecule has 2 N–H and O–H groups in total. The first-order chi connectivity index (χ1) is 14.9. The number of esters is 1. The van der Waals surface area contributed by atoms with Crippen molar-refractivity contribution < 1.29 is 19.1 Å². The Labute approximate surface area is 183 Å². The van der Waals surface area contributed by atoms with Crippen molar-refractivity contribution in [1.82, 2.24) is 20.4 Å². The van der Waals surface area contributed by atoms with Crippen LogP contribution in [-0.2, 0) is 14.3 Å². The summed E-state index contributed by atoms with van der Waals surface area (Å²) in [4.78, 5) is 36.2. The van der Waals surface area contributed by atoms with Gasteiger partial charge in [0.25, 0.3) is 5.91 Å². The van der Waals surface area contributed by atoms with Crippen molar-refractivity contribution in [2.24, 2.45) is 0 Å². The number of carbonyl (C=O) groups excluding carboxylic acids is 3. The van der Waals surface area contributed by atoms with E-state index in [4.69, 9.17) is 4.74 Å². The summed E-state index contributed by atoms with van der Waals surface area (Å²) in [6, 6.07) is 12.7. The van der Waals surface area contributed by atoms with Gasteiger partial charge in [-0.15, -0.1) is 11.3 Å². The van der Waals surface area contributed by atoms with E-state index in [1.807, 2.05) is 54.0 Å². The third-order valence-electron chi connectivity index (χ3n) is 3.94. The molecule has 0 aliphatic heterocycles. The lowest BCUT2D eigenvalue weighted by Crippen LogP contribution is -2.43. The summed E-state index contributed by atoms with van der Waals surface area (Å²) >= 11 is 1.54. The molecular weight excluding hydrogens is 416 g/mol. The van der Waals surface area contributed by atoms with Crippen LogP contribution in [0.15, 0.2) is 60.1 Å². The number of thiophene rings is 1.